The zero-order valence-electron chi connectivity index (χ0n) is 12.6. The Morgan fingerprint density at radius 1 is 1.43 bits per heavy atom. The summed E-state index contributed by atoms with van der Waals surface area (Å²) in [6, 6.07) is 4.71. The number of nitrogens with one attached hydrogen (secondary N) is 1. The van der Waals surface area contributed by atoms with Crippen molar-refractivity contribution in [1.29, 1.82) is 0 Å². The summed E-state index contributed by atoms with van der Waals surface area (Å²) in [6.07, 6.45) is 0. The average molecular weight is 289 g/mol. The van der Waals surface area contributed by atoms with Crippen molar-refractivity contribution in [2.75, 3.05) is 12.8 Å². The van der Waals surface area contributed by atoms with E-state index < -0.39 is 0 Å². The van der Waals surface area contributed by atoms with Gasteiger partial charge in [0, 0.05) is 17.3 Å². The lowest BCUT2D eigenvalue weighted by Crippen LogP contribution is -2.27. The minimum absolute atomic E-state index is 0.217. The largest absolute Gasteiger partial charge is 0.496 e. The summed E-state index contributed by atoms with van der Waals surface area (Å²) in [5, 5.41) is 6.81. The van der Waals surface area contributed by atoms with Crippen molar-refractivity contribution >= 4 is 11.6 Å². The number of aromatic nitrogens is 1. The van der Waals surface area contributed by atoms with Crippen LogP contribution < -0.4 is 15.8 Å². The van der Waals surface area contributed by atoms with Crippen LogP contribution in [0, 0.1) is 13.8 Å². The third-order valence-corrected chi connectivity index (χ3v) is 3.34. The number of nitrogen functional groups attached to an aromatic ring is 1. The SMILES string of the molecule is COc1cc(N)ccc1C(=O)NC(C)c1c(C)noc1C. The molecule has 6 nitrogen and oxygen atoms in total. The fraction of sp³-hybridized carbons (Fsp3) is 0.333. The molecule has 1 amide bonds. The molecule has 0 aliphatic rings. The number of rotatable bonds is 4. The number of hydrogen-bond acceptors (Lipinski definition) is 5. The highest BCUT2D eigenvalue weighted by Crippen LogP contribution is 2.24. The molecule has 0 fully saturated rings. The van der Waals surface area contributed by atoms with Gasteiger partial charge in [0.05, 0.1) is 24.4 Å². The topological polar surface area (TPSA) is 90.4 Å². The lowest BCUT2D eigenvalue weighted by atomic mass is 10.1. The molecule has 0 saturated heterocycles. The predicted octanol–water partition coefficient (Wildman–Crippen LogP) is 2.37. The first-order valence-electron chi connectivity index (χ1n) is 6.61. The second kappa shape index (κ2) is 5.87. The molecule has 1 aromatic heterocycles. The Hall–Kier alpha value is -2.50. The Morgan fingerprint density at radius 3 is 2.71 bits per heavy atom. The Bertz CT molecular complexity index is 645. The van der Waals surface area contributed by atoms with Crippen molar-refractivity contribution in [3.8, 4) is 5.75 Å². The van der Waals surface area contributed by atoms with E-state index in [1.807, 2.05) is 20.8 Å². The summed E-state index contributed by atoms with van der Waals surface area (Å²) in [5.74, 6) is 0.905. The van der Waals surface area contributed by atoms with Gasteiger partial charge in [0.15, 0.2) is 0 Å². The number of carbonyl (C=O) groups is 1. The minimum atomic E-state index is -0.237. The number of nitrogens with two attached hydrogens (primary N) is 1. The molecular weight excluding hydrogens is 270 g/mol. The Morgan fingerprint density at radius 2 is 2.14 bits per heavy atom. The van der Waals surface area contributed by atoms with Crippen molar-refractivity contribution in [3.63, 3.8) is 0 Å². The predicted molar refractivity (Wildman–Crippen MR) is 79.3 cm³/mol. The fourth-order valence-corrected chi connectivity index (χ4v) is 2.35. The Labute approximate surface area is 123 Å². The highest BCUT2D eigenvalue weighted by molar-refractivity contribution is 5.97. The third kappa shape index (κ3) is 2.99. The van der Waals surface area contributed by atoms with Gasteiger partial charge in [-0.1, -0.05) is 5.16 Å². The summed E-state index contributed by atoms with van der Waals surface area (Å²) in [5.41, 5.74) is 8.32. The van der Waals surface area contributed by atoms with Crippen molar-refractivity contribution in [3.05, 3.63) is 40.8 Å². The zero-order chi connectivity index (χ0) is 15.6. The van der Waals surface area contributed by atoms with Crippen LogP contribution in [0.15, 0.2) is 22.7 Å². The molecule has 2 aromatic rings. The maximum atomic E-state index is 12.4. The second-order valence-corrected chi connectivity index (χ2v) is 4.89. The van der Waals surface area contributed by atoms with E-state index >= 15 is 0 Å². The molecule has 21 heavy (non-hydrogen) atoms. The molecule has 0 bridgehead atoms. The number of anilines is 1. The van der Waals surface area contributed by atoms with E-state index in [1.165, 1.54) is 7.11 Å². The summed E-state index contributed by atoms with van der Waals surface area (Å²) in [7, 11) is 1.50. The van der Waals surface area contributed by atoms with Gasteiger partial charge < -0.3 is 20.3 Å². The summed E-state index contributed by atoms with van der Waals surface area (Å²) < 4.78 is 10.3. The van der Waals surface area contributed by atoms with Crippen LogP contribution in [-0.2, 0) is 0 Å². The van der Waals surface area contributed by atoms with Crippen LogP contribution in [0.5, 0.6) is 5.75 Å². The average Bonchev–Trinajstić information content (AvgIpc) is 2.77. The summed E-state index contributed by atoms with van der Waals surface area (Å²) >= 11 is 0. The first kappa shape index (κ1) is 14.9. The maximum absolute atomic E-state index is 12.4. The molecule has 0 saturated carbocycles. The van der Waals surface area contributed by atoms with Crippen LogP contribution in [0.1, 0.15) is 40.3 Å². The molecule has 1 aromatic carbocycles. The maximum Gasteiger partial charge on any atom is 0.255 e. The zero-order valence-corrected chi connectivity index (χ0v) is 12.6. The first-order chi connectivity index (χ1) is 9.93. The van der Waals surface area contributed by atoms with Crippen LogP contribution >= 0.6 is 0 Å². The number of benzene rings is 1. The van der Waals surface area contributed by atoms with E-state index in [4.69, 9.17) is 15.0 Å². The molecule has 3 N–H and O–H groups in total. The molecule has 0 aliphatic heterocycles. The number of carbonyl (C=O) groups excluding carboxylic acids is 1. The van der Waals surface area contributed by atoms with E-state index in [2.05, 4.69) is 10.5 Å². The molecule has 1 atom stereocenters. The fourth-order valence-electron chi connectivity index (χ4n) is 2.35. The minimum Gasteiger partial charge on any atom is -0.496 e. The highest BCUT2D eigenvalue weighted by atomic mass is 16.5. The van der Waals surface area contributed by atoms with Gasteiger partial charge in [0.1, 0.15) is 11.5 Å². The lowest BCUT2D eigenvalue weighted by Gasteiger charge is -2.15. The quantitative estimate of drug-likeness (QED) is 0.843. The van der Waals surface area contributed by atoms with Gasteiger partial charge in [-0.15, -0.1) is 0 Å². The molecule has 0 aliphatic carbocycles. The monoisotopic (exact) mass is 289 g/mol. The molecule has 1 heterocycles. The second-order valence-electron chi connectivity index (χ2n) is 4.89. The molecule has 2 rings (SSSR count). The smallest absolute Gasteiger partial charge is 0.255 e. The van der Waals surface area contributed by atoms with Crippen LogP contribution in [0.4, 0.5) is 5.69 Å². The number of aryl methyl sites for hydroxylation is 2. The van der Waals surface area contributed by atoms with Gasteiger partial charge in [0.25, 0.3) is 5.91 Å². The third-order valence-electron chi connectivity index (χ3n) is 3.34. The van der Waals surface area contributed by atoms with Crippen LogP contribution in [0.25, 0.3) is 0 Å². The molecule has 112 valence electrons. The first-order valence-corrected chi connectivity index (χ1v) is 6.61. The molecule has 6 heteroatoms. The normalized spacial score (nSPS) is 12.0. The molecule has 1 unspecified atom stereocenters. The van der Waals surface area contributed by atoms with Gasteiger partial charge in [-0.25, -0.2) is 0 Å². The van der Waals surface area contributed by atoms with Crippen molar-refractivity contribution in [1.82, 2.24) is 10.5 Å². The van der Waals surface area contributed by atoms with E-state index in [9.17, 15) is 4.79 Å². The highest BCUT2D eigenvalue weighted by Gasteiger charge is 2.20. The van der Waals surface area contributed by atoms with E-state index in [-0.39, 0.29) is 11.9 Å². The number of nitrogens with zero attached hydrogens (tertiary/aromatic N) is 1. The van der Waals surface area contributed by atoms with E-state index in [0.717, 1.165) is 11.3 Å². The standard InChI is InChI=1S/C15H19N3O3/c1-8(14-9(2)18-21-10(14)3)17-15(19)12-6-5-11(16)7-13(12)20-4/h5-8H,16H2,1-4H3,(H,17,19). The van der Waals surface area contributed by atoms with Gasteiger partial charge >= 0.3 is 0 Å². The van der Waals surface area contributed by atoms with Crippen molar-refractivity contribution in [2.45, 2.75) is 26.8 Å². The molecule has 0 spiro atoms. The summed E-state index contributed by atoms with van der Waals surface area (Å²) in [6.45, 7) is 5.55. The van der Waals surface area contributed by atoms with E-state index in [1.54, 1.807) is 18.2 Å². The van der Waals surface area contributed by atoms with Gasteiger partial charge in [-0.05, 0) is 32.9 Å². The molecular formula is C15H19N3O3. The summed E-state index contributed by atoms with van der Waals surface area (Å²) in [4.78, 5) is 12.4. The number of hydrogen-bond donors (Lipinski definition) is 2. The van der Waals surface area contributed by atoms with Crippen LogP contribution in [-0.4, -0.2) is 18.2 Å². The molecule has 0 radical (unpaired) electrons. The lowest BCUT2D eigenvalue weighted by molar-refractivity contribution is 0.0936. The number of ether oxygens (including phenoxy) is 1. The van der Waals surface area contributed by atoms with Gasteiger partial charge in [0.2, 0.25) is 0 Å². The van der Waals surface area contributed by atoms with Crippen molar-refractivity contribution in [2.24, 2.45) is 0 Å². The van der Waals surface area contributed by atoms with Crippen molar-refractivity contribution < 1.29 is 14.1 Å². The van der Waals surface area contributed by atoms with E-state index in [0.29, 0.717) is 22.8 Å². The Balaban J connectivity index is 2.22. The number of amides is 1. The van der Waals surface area contributed by atoms with Crippen LogP contribution in [0.3, 0.4) is 0 Å². The van der Waals surface area contributed by atoms with Gasteiger partial charge in [-0.2, -0.15) is 0 Å². The number of methoxy groups -OCH3 is 1. The van der Waals surface area contributed by atoms with Gasteiger partial charge in [-0.3, -0.25) is 4.79 Å². The van der Waals surface area contributed by atoms with Crippen LogP contribution in [0.2, 0.25) is 0 Å². The Kier molecular flexibility index (Phi) is 4.16.